The number of rotatable bonds is 2. The average Bonchev–Trinajstić information content (AvgIpc) is 2.46. The van der Waals surface area contributed by atoms with E-state index in [9.17, 15) is 0 Å². The van der Waals surface area contributed by atoms with Gasteiger partial charge < -0.3 is 12.7 Å². The minimum atomic E-state index is 0. The minimum Gasteiger partial charge on any atom is -0.344 e. The van der Waals surface area contributed by atoms with Crippen molar-refractivity contribution in [1.29, 1.82) is 0 Å². The first-order chi connectivity index (χ1) is 9.70. The third-order valence-electron chi connectivity index (χ3n) is 3.66. The van der Waals surface area contributed by atoms with Crippen LogP contribution in [-0.4, -0.2) is 0 Å². The maximum absolute atomic E-state index is 5.75. The van der Waals surface area contributed by atoms with Crippen LogP contribution >= 0.6 is 0 Å². The monoisotopic (exact) mass is 347 g/mol. The zero-order valence-corrected chi connectivity index (χ0v) is 15.1. The molecular weight excluding hydrogens is 331 g/mol. The molecule has 0 fully saturated rings. The van der Waals surface area contributed by atoms with Crippen LogP contribution in [0.5, 0.6) is 0 Å². The van der Waals surface area contributed by atoms with Gasteiger partial charge in [0.2, 0.25) is 0 Å². The molecule has 0 aliphatic rings. The molecule has 0 amide bonds. The molecule has 0 atom stereocenters. The molecule has 3 rings (SSSR count). The molecule has 21 heavy (non-hydrogen) atoms. The Kier molecular flexibility index (Phi) is 5.08. The van der Waals surface area contributed by atoms with E-state index >= 15 is 0 Å². The summed E-state index contributed by atoms with van der Waals surface area (Å²) in [5, 5.41) is 2.49. The third-order valence-corrected chi connectivity index (χ3v) is 3.66. The number of fused-ring (bicyclic) bond motifs is 1. The molecular formula is C19H16NY-. The molecule has 0 saturated carbocycles. The first-order valence-corrected chi connectivity index (χ1v) is 6.66. The summed E-state index contributed by atoms with van der Waals surface area (Å²) in [5.74, 6) is 0. The van der Waals surface area contributed by atoms with Gasteiger partial charge in [0.15, 0.2) is 0 Å². The van der Waals surface area contributed by atoms with Gasteiger partial charge in [-0.1, -0.05) is 36.4 Å². The van der Waals surface area contributed by atoms with Gasteiger partial charge in [-0.05, 0) is 28.8 Å². The Morgan fingerprint density at radius 2 is 1.81 bits per heavy atom. The molecule has 0 bridgehead atoms. The fourth-order valence-electron chi connectivity index (χ4n) is 2.64. The summed E-state index contributed by atoms with van der Waals surface area (Å²) in [4.78, 5) is 0. The van der Waals surface area contributed by atoms with E-state index in [1.54, 1.807) is 6.08 Å². The van der Waals surface area contributed by atoms with Crippen LogP contribution < -0.4 is 4.57 Å². The van der Waals surface area contributed by atoms with Crippen molar-refractivity contribution in [1.82, 2.24) is 0 Å². The molecule has 0 unspecified atom stereocenters. The van der Waals surface area contributed by atoms with Crippen LogP contribution in [-0.2, 0) is 39.8 Å². The molecule has 1 nitrogen and oxygen atoms in total. The topological polar surface area (TPSA) is 3.88 Å². The summed E-state index contributed by atoms with van der Waals surface area (Å²) in [6.45, 7) is 7.88. The molecule has 3 aromatic rings. The predicted octanol–water partition coefficient (Wildman–Crippen LogP) is 3.88. The molecule has 2 heteroatoms. The van der Waals surface area contributed by atoms with Crippen LogP contribution in [0.1, 0.15) is 11.1 Å². The second kappa shape index (κ2) is 6.64. The summed E-state index contributed by atoms with van der Waals surface area (Å²) >= 11 is 0. The summed E-state index contributed by atoms with van der Waals surface area (Å²) in [6.07, 6.45) is 3.61. The van der Waals surface area contributed by atoms with E-state index < -0.39 is 0 Å². The van der Waals surface area contributed by atoms with Crippen molar-refractivity contribution in [2.45, 2.75) is 6.92 Å². The van der Waals surface area contributed by atoms with Crippen LogP contribution in [0.25, 0.3) is 28.1 Å². The van der Waals surface area contributed by atoms with Gasteiger partial charge in [0, 0.05) is 32.7 Å². The Labute approximate surface area is 151 Å². The van der Waals surface area contributed by atoms with E-state index in [0.29, 0.717) is 0 Å². The maximum Gasteiger partial charge on any atom is 0.119 e. The van der Waals surface area contributed by atoms with Crippen molar-refractivity contribution in [2.24, 2.45) is 7.05 Å². The van der Waals surface area contributed by atoms with E-state index in [2.05, 4.69) is 54.0 Å². The summed E-state index contributed by atoms with van der Waals surface area (Å²) in [6, 6.07) is 17.9. The molecule has 0 aliphatic heterocycles. The Hall–Kier alpha value is -1.31. The fourth-order valence-corrected chi connectivity index (χ4v) is 2.64. The number of hydrogen-bond acceptors (Lipinski definition) is 0. The van der Waals surface area contributed by atoms with Crippen molar-refractivity contribution in [3.63, 3.8) is 0 Å². The first-order valence-electron chi connectivity index (χ1n) is 6.66. The zero-order valence-electron chi connectivity index (χ0n) is 12.3. The van der Waals surface area contributed by atoms with Crippen molar-refractivity contribution in [3.05, 3.63) is 72.4 Å². The number of hydrogen-bond donors (Lipinski definition) is 0. The average molecular weight is 347 g/mol. The summed E-state index contributed by atoms with van der Waals surface area (Å²) in [7, 11) is 2.03. The normalized spacial score (nSPS) is 10.2. The Balaban J connectivity index is 0.00000161. The van der Waals surface area contributed by atoms with Crippen LogP contribution in [0.15, 0.2) is 48.7 Å². The van der Waals surface area contributed by atoms with E-state index in [0.717, 1.165) is 11.3 Å². The SMILES string of the molecule is [CH-]=Cc1[c-]cc[n+](C)c1-c1cc2ccccc2cc1C.[Y]. The quantitative estimate of drug-likeness (QED) is 0.489. The minimum absolute atomic E-state index is 0. The summed E-state index contributed by atoms with van der Waals surface area (Å²) in [5.41, 5.74) is 4.45. The number of pyridine rings is 1. The van der Waals surface area contributed by atoms with Gasteiger partial charge in [0.1, 0.15) is 7.05 Å². The molecule has 101 valence electrons. The van der Waals surface area contributed by atoms with Gasteiger partial charge in [-0.15, -0.1) is 6.07 Å². The molecule has 0 N–H and O–H groups in total. The fraction of sp³-hybridized carbons (Fsp3) is 0.105. The Bertz CT molecular complexity index is 806. The van der Waals surface area contributed by atoms with Gasteiger partial charge in [0.05, 0.1) is 11.9 Å². The van der Waals surface area contributed by atoms with Crippen LogP contribution in [0.2, 0.25) is 0 Å². The van der Waals surface area contributed by atoms with Gasteiger partial charge >= 0.3 is 0 Å². The van der Waals surface area contributed by atoms with E-state index in [1.165, 1.54) is 21.9 Å². The number of aryl methyl sites for hydroxylation is 2. The number of nitrogens with zero attached hydrogens (tertiary/aromatic N) is 1. The molecule has 0 spiro atoms. The molecule has 1 aromatic heterocycles. The number of benzene rings is 2. The number of aromatic nitrogens is 1. The molecule has 0 saturated heterocycles. The smallest absolute Gasteiger partial charge is 0.119 e. The predicted molar refractivity (Wildman–Crippen MR) is 82.9 cm³/mol. The standard InChI is InChI=1S/C19H16N.Y/c1-4-15-10-7-11-20(3)19(15)18-13-17-9-6-5-8-16(17)12-14(18)2;/h1,4-9,11-13H,2-3H3;/q-1;. The molecule has 0 aliphatic carbocycles. The van der Waals surface area contributed by atoms with E-state index in [4.69, 9.17) is 6.58 Å². The van der Waals surface area contributed by atoms with E-state index in [1.807, 2.05) is 19.3 Å². The zero-order chi connectivity index (χ0) is 14.1. The van der Waals surface area contributed by atoms with Crippen molar-refractivity contribution >= 4 is 16.8 Å². The molecule has 1 radical (unpaired) electrons. The maximum atomic E-state index is 5.75. The van der Waals surface area contributed by atoms with E-state index in [-0.39, 0.29) is 32.7 Å². The second-order valence-corrected chi connectivity index (χ2v) is 5.01. The first kappa shape index (κ1) is 16.1. The van der Waals surface area contributed by atoms with Crippen LogP contribution in [0, 0.1) is 19.6 Å². The van der Waals surface area contributed by atoms with Crippen LogP contribution in [0.3, 0.4) is 0 Å². The van der Waals surface area contributed by atoms with Gasteiger partial charge in [-0.3, -0.25) is 4.57 Å². The molecule has 1 heterocycles. The Morgan fingerprint density at radius 3 is 2.48 bits per heavy atom. The van der Waals surface area contributed by atoms with Gasteiger partial charge in [0.25, 0.3) is 0 Å². The largest absolute Gasteiger partial charge is 0.344 e. The van der Waals surface area contributed by atoms with Crippen molar-refractivity contribution in [2.75, 3.05) is 0 Å². The van der Waals surface area contributed by atoms with Gasteiger partial charge in [-0.2, -0.15) is 0 Å². The van der Waals surface area contributed by atoms with Crippen molar-refractivity contribution < 1.29 is 37.3 Å². The van der Waals surface area contributed by atoms with Crippen LogP contribution in [0.4, 0.5) is 0 Å². The second-order valence-electron chi connectivity index (χ2n) is 5.01. The van der Waals surface area contributed by atoms with Crippen molar-refractivity contribution in [3.8, 4) is 11.3 Å². The molecule has 2 aromatic carbocycles. The third kappa shape index (κ3) is 3.00. The van der Waals surface area contributed by atoms with Gasteiger partial charge in [-0.25, -0.2) is 11.6 Å². The Morgan fingerprint density at radius 1 is 1.14 bits per heavy atom. The summed E-state index contributed by atoms with van der Waals surface area (Å²) < 4.78 is 2.09.